The third kappa shape index (κ3) is 3.55. The number of ether oxygens (including phenoxy) is 1. The molecule has 1 unspecified atom stereocenters. The Morgan fingerprint density at radius 3 is 2.27 bits per heavy atom. The number of hydrogen-bond donors (Lipinski definition) is 0. The predicted octanol–water partition coefficient (Wildman–Crippen LogP) is 3.90. The molecule has 0 saturated carbocycles. The number of amides is 1. The van der Waals surface area contributed by atoms with E-state index in [0.717, 1.165) is 17.0 Å². The number of carbonyl (C=O) groups excluding carboxylic acids is 2. The molecule has 0 aliphatic rings. The van der Waals surface area contributed by atoms with Crippen LogP contribution in [0.15, 0.2) is 12.1 Å². The number of aldehydes is 1. The number of nitrogens with zero attached hydrogens (tertiary/aromatic N) is 1. The summed E-state index contributed by atoms with van der Waals surface area (Å²) in [6, 6.07) is 2.01. The molecule has 4 nitrogen and oxygen atoms in total. The summed E-state index contributed by atoms with van der Waals surface area (Å²) in [5.41, 5.74) is -2.69. The fourth-order valence-corrected chi connectivity index (χ4v) is 1.92. The zero-order chi connectivity index (χ0) is 17.3. The number of likely N-dealkylation sites (N-methyl/N-ethyl adjacent to an activating group) is 1. The largest absolute Gasteiger partial charge is 0.444 e. The first kappa shape index (κ1) is 18.4. The van der Waals surface area contributed by atoms with Crippen molar-refractivity contribution in [2.75, 3.05) is 7.05 Å². The molecule has 0 spiro atoms. The van der Waals surface area contributed by atoms with E-state index >= 15 is 0 Å². The van der Waals surface area contributed by atoms with E-state index in [1.54, 1.807) is 20.8 Å². The SMILES string of the molecule is CN(C(=O)OC(C)(C)C)C(C)(C=O)c1ccc(F)c(Cl)c1F. The van der Waals surface area contributed by atoms with Gasteiger partial charge in [-0.2, -0.15) is 0 Å². The van der Waals surface area contributed by atoms with Crippen molar-refractivity contribution in [2.24, 2.45) is 0 Å². The molecular formula is C15H18ClF2NO3. The normalized spacial score (nSPS) is 14.2. The minimum Gasteiger partial charge on any atom is -0.444 e. The summed E-state index contributed by atoms with van der Waals surface area (Å²) in [6.45, 7) is 6.29. The summed E-state index contributed by atoms with van der Waals surface area (Å²) in [7, 11) is 1.29. The molecule has 1 atom stereocenters. The molecule has 1 aromatic rings. The maximum absolute atomic E-state index is 14.2. The number of benzene rings is 1. The molecule has 22 heavy (non-hydrogen) atoms. The van der Waals surface area contributed by atoms with Crippen LogP contribution in [0.3, 0.4) is 0 Å². The van der Waals surface area contributed by atoms with Crippen molar-refractivity contribution in [3.05, 3.63) is 34.4 Å². The molecule has 0 saturated heterocycles. The van der Waals surface area contributed by atoms with Crippen molar-refractivity contribution < 1.29 is 23.1 Å². The van der Waals surface area contributed by atoms with E-state index < -0.39 is 33.9 Å². The van der Waals surface area contributed by atoms with Gasteiger partial charge in [0.25, 0.3) is 0 Å². The molecule has 0 bridgehead atoms. The Bertz CT molecular complexity index is 601. The van der Waals surface area contributed by atoms with Crippen LogP contribution >= 0.6 is 11.6 Å². The van der Waals surface area contributed by atoms with Crippen molar-refractivity contribution in [1.82, 2.24) is 4.90 Å². The lowest BCUT2D eigenvalue weighted by molar-refractivity contribution is -0.117. The summed E-state index contributed by atoms with van der Waals surface area (Å²) >= 11 is 5.54. The summed E-state index contributed by atoms with van der Waals surface area (Å²) in [4.78, 5) is 24.6. The van der Waals surface area contributed by atoms with Crippen LogP contribution in [0.5, 0.6) is 0 Å². The van der Waals surface area contributed by atoms with Gasteiger partial charge >= 0.3 is 6.09 Å². The number of halogens is 3. The maximum Gasteiger partial charge on any atom is 0.411 e. The monoisotopic (exact) mass is 333 g/mol. The average molecular weight is 334 g/mol. The highest BCUT2D eigenvalue weighted by Crippen LogP contribution is 2.33. The van der Waals surface area contributed by atoms with Crippen molar-refractivity contribution in [3.63, 3.8) is 0 Å². The van der Waals surface area contributed by atoms with Crippen molar-refractivity contribution >= 4 is 24.0 Å². The fourth-order valence-electron chi connectivity index (χ4n) is 1.76. The van der Waals surface area contributed by atoms with Crippen LogP contribution in [0, 0.1) is 11.6 Å². The molecule has 0 N–H and O–H groups in total. The van der Waals surface area contributed by atoms with Crippen LogP contribution < -0.4 is 0 Å². The van der Waals surface area contributed by atoms with Crippen LogP contribution in [-0.4, -0.2) is 29.9 Å². The first-order chi connectivity index (χ1) is 9.94. The second-order valence-electron chi connectivity index (χ2n) is 6.03. The third-order valence-electron chi connectivity index (χ3n) is 3.17. The Kier molecular flexibility index (Phi) is 5.18. The summed E-state index contributed by atoms with van der Waals surface area (Å²) in [5, 5.41) is -0.733. The van der Waals surface area contributed by atoms with Crippen molar-refractivity contribution in [1.29, 1.82) is 0 Å². The smallest absolute Gasteiger partial charge is 0.411 e. The van der Waals surface area contributed by atoms with Gasteiger partial charge in [0.1, 0.15) is 28.3 Å². The summed E-state index contributed by atoms with van der Waals surface area (Å²) < 4.78 is 32.6. The van der Waals surface area contributed by atoms with Gasteiger partial charge < -0.3 is 9.53 Å². The standard InChI is InChI=1S/C15H18ClF2NO3/c1-14(2,3)22-13(21)19(5)15(4,8-20)9-6-7-10(17)11(16)12(9)18/h6-8H,1-5H3. The molecule has 0 fully saturated rings. The van der Waals surface area contributed by atoms with E-state index in [9.17, 15) is 18.4 Å². The summed E-state index contributed by atoms with van der Waals surface area (Å²) in [5.74, 6) is -2.04. The Morgan fingerprint density at radius 2 is 1.82 bits per heavy atom. The lowest BCUT2D eigenvalue weighted by Crippen LogP contribution is -2.48. The van der Waals surface area contributed by atoms with Gasteiger partial charge in [-0.05, 0) is 33.8 Å². The fraction of sp³-hybridized carbons (Fsp3) is 0.467. The van der Waals surface area contributed by atoms with E-state index in [0.29, 0.717) is 6.29 Å². The highest BCUT2D eigenvalue weighted by atomic mass is 35.5. The zero-order valence-electron chi connectivity index (χ0n) is 13.0. The molecule has 122 valence electrons. The highest BCUT2D eigenvalue weighted by Gasteiger charge is 2.39. The van der Waals surface area contributed by atoms with E-state index in [-0.39, 0.29) is 5.56 Å². The van der Waals surface area contributed by atoms with Gasteiger partial charge in [0.15, 0.2) is 5.82 Å². The zero-order valence-corrected chi connectivity index (χ0v) is 13.8. The average Bonchev–Trinajstić information content (AvgIpc) is 2.41. The lowest BCUT2D eigenvalue weighted by Gasteiger charge is -2.36. The highest BCUT2D eigenvalue weighted by molar-refractivity contribution is 6.31. The first-order valence-corrected chi connectivity index (χ1v) is 6.89. The van der Waals surface area contributed by atoms with Gasteiger partial charge in [0.05, 0.1) is 0 Å². The minimum atomic E-state index is -1.69. The lowest BCUT2D eigenvalue weighted by atomic mass is 9.91. The van der Waals surface area contributed by atoms with Gasteiger partial charge in [-0.25, -0.2) is 13.6 Å². The Labute approximate surface area is 133 Å². The Morgan fingerprint density at radius 1 is 1.27 bits per heavy atom. The van der Waals surface area contributed by atoms with Gasteiger partial charge in [-0.3, -0.25) is 4.90 Å². The van der Waals surface area contributed by atoms with E-state index in [1.165, 1.54) is 14.0 Å². The predicted molar refractivity (Wildman–Crippen MR) is 78.8 cm³/mol. The van der Waals surface area contributed by atoms with Crippen molar-refractivity contribution in [3.8, 4) is 0 Å². The molecule has 1 amide bonds. The molecule has 0 aromatic heterocycles. The van der Waals surface area contributed by atoms with Crippen molar-refractivity contribution in [2.45, 2.75) is 38.8 Å². The maximum atomic E-state index is 14.2. The number of hydrogen-bond acceptors (Lipinski definition) is 3. The number of rotatable bonds is 3. The van der Waals surface area contributed by atoms with E-state index in [1.807, 2.05) is 0 Å². The molecule has 7 heteroatoms. The first-order valence-electron chi connectivity index (χ1n) is 6.51. The topological polar surface area (TPSA) is 46.6 Å². The van der Waals surface area contributed by atoms with Crippen LogP contribution in [0.4, 0.5) is 13.6 Å². The molecule has 1 aromatic carbocycles. The molecule has 0 aliphatic heterocycles. The van der Waals surface area contributed by atoms with Gasteiger partial charge in [0, 0.05) is 12.6 Å². The molecule has 0 heterocycles. The molecule has 0 aliphatic carbocycles. The summed E-state index contributed by atoms with van der Waals surface area (Å²) in [6.07, 6.45) is -0.439. The second-order valence-corrected chi connectivity index (χ2v) is 6.41. The van der Waals surface area contributed by atoms with E-state index in [2.05, 4.69) is 0 Å². The van der Waals surface area contributed by atoms with Gasteiger partial charge in [-0.1, -0.05) is 17.7 Å². The van der Waals surface area contributed by atoms with Crippen LogP contribution in [0.1, 0.15) is 33.3 Å². The van der Waals surface area contributed by atoms with Crippen LogP contribution in [0.25, 0.3) is 0 Å². The molecule has 0 radical (unpaired) electrons. The van der Waals surface area contributed by atoms with Gasteiger partial charge in [-0.15, -0.1) is 0 Å². The minimum absolute atomic E-state index is 0.220. The Balaban J connectivity index is 3.30. The quantitative estimate of drug-likeness (QED) is 0.622. The van der Waals surface area contributed by atoms with Gasteiger partial charge in [0.2, 0.25) is 0 Å². The molecular weight excluding hydrogens is 316 g/mol. The van der Waals surface area contributed by atoms with Crippen LogP contribution in [0.2, 0.25) is 5.02 Å². The van der Waals surface area contributed by atoms with Crippen LogP contribution in [-0.2, 0) is 15.1 Å². The third-order valence-corrected chi connectivity index (χ3v) is 3.52. The van der Waals surface area contributed by atoms with E-state index in [4.69, 9.17) is 16.3 Å². The Hall–Kier alpha value is -1.69. The number of carbonyl (C=O) groups is 2. The molecule has 1 rings (SSSR count). The second kappa shape index (κ2) is 6.20.